The van der Waals surface area contributed by atoms with Crippen LogP contribution in [0.3, 0.4) is 0 Å². The Hall–Kier alpha value is -3.54. The van der Waals surface area contributed by atoms with E-state index >= 15 is 0 Å². The van der Waals surface area contributed by atoms with Crippen molar-refractivity contribution < 1.29 is 14.0 Å². The first-order valence-corrected chi connectivity index (χ1v) is 9.16. The standard InChI is InChI=1S/C22H21N3O3/c1-15-14-24(22(27)21-9-6-12-28-21)20-13-18(23-17-7-4-3-5-8-17)10-11-19(20)25(15)16(2)26/h3-13,15,23H,14H2,1-2H3. The molecule has 0 radical (unpaired) electrons. The number of furan rings is 1. The number of amides is 2. The third-order valence-corrected chi connectivity index (χ3v) is 4.79. The van der Waals surface area contributed by atoms with Crippen LogP contribution < -0.4 is 15.1 Å². The lowest BCUT2D eigenvalue weighted by molar-refractivity contribution is -0.117. The van der Waals surface area contributed by atoms with E-state index in [1.165, 1.54) is 6.26 Å². The van der Waals surface area contributed by atoms with Crippen molar-refractivity contribution in [2.45, 2.75) is 19.9 Å². The normalized spacial score (nSPS) is 15.9. The van der Waals surface area contributed by atoms with Crippen LogP contribution in [-0.4, -0.2) is 24.4 Å². The molecule has 6 nitrogen and oxygen atoms in total. The van der Waals surface area contributed by atoms with Gasteiger partial charge in [-0.05, 0) is 49.4 Å². The molecule has 1 aromatic heterocycles. The van der Waals surface area contributed by atoms with Crippen LogP contribution in [-0.2, 0) is 4.79 Å². The van der Waals surface area contributed by atoms with Crippen molar-refractivity contribution in [3.8, 4) is 0 Å². The number of rotatable bonds is 3. The van der Waals surface area contributed by atoms with Gasteiger partial charge in [-0.15, -0.1) is 0 Å². The molecule has 28 heavy (non-hydrogen) atoms. The van der Waals surface area contributed by atoms with E-state index < -0.39 is 0 Å². The van der Waals surface area contributed by atoms with Gasteiger partial charge in [-0.3, -0.25) is 9.59 Å². The Morgan fingerprint density at radius 2 is 1.79 bits per heavy atom. The Morgan fingerprint density at radius 1 is 1.00 bits per heavy atom. The van der Waals surface area contributed by atoms with Crippen molar-refractivity contribution >= 4 is 34.6 Å². The number of benzene rings is 2. The van der Waals surface area contributed by atoms with Crippen molar-refractivity contribution in [1.29, 1.82) is 0 Å². The third kappa shape index (κ3) is 3.24. The summed E-state index contributed by atoms with van der Waals surface area (Å²) in [5.41, 5.74) is 3.17. The van der Waals surface area contributed by atoms with Crippen LogP contribution in [0.25, 0.3) is 0 Å². The summed E-state index contributed by atoms with van der Waals surface area (Å²) in [4.78, 5) is 28.7. The van der Waals surface area contributed by atoms with Gasteiger partial charge in [0.1, 0.15) is 0 Å². The summed E-state index contributed by atoms with van der Waals surface area (Å²) in [5.74, 6) is -0.00312. The van der Waals surface area contributed by atoms with Crippen molar-refractivity contribution in [3.05, 3.63) is 72.7 Å². The molecule has 4 rings (SSSR count). The Kier molecular flexibility index (Phi) is 4.61. The summed E-state index contributed by atoms with van der Waals surface area (Å²) in [6, 6.07) is 18.7. The molecule has 2 heterocycles. The predicted molar refractivity (Wildman–Crippen MR) is 109 cm³/mol. The quantitative estimate of drug-likeness (QED) is 0.736. The van der Waals surface area contributed by atoms with Crippen molar-refractivity contribution in [2.75, 3.05) is 21.7 Å². The monoisotopic (exact) mass is 375 g/mol. The molecule has 1 N–H and O–H groups in total. The van der Waals surface area contributed by atoms with Crippen molar-refractivity contribution in [3.63, 3.8) is 0 Å². The maximum atomic E-state index is 13.0. The number of carbonyl (C=O) groups excluding carboxylic acids is 2. The third-order valence-electron chi connectivity index (χ3n) is 4.79. The molecule has 0 saturated heterocycles. The Balaban J connectivity index is 1.76. The molecule has 1 aliphatic rings. The van der Waals surface area contributed by atoms with E-state index in [1.807, 2.05) is 55.5 Å². The molecule has 0 aliphatic carbocycles. The van der Waals surface area contributed by atoms with E-state index in [0.717, 1.165) is 11.4 Å². The van der Waals surface area contributed by atoms with Gasteiger partial charge in [0.25, 0.3) is 5.91 Å². The second kappa shape index (κ2) is 7.23. The first-order chi connectivity index (χ1) is 13.5. The van der Waals surface area contributed by atoms with Crippen molar-refractivity contribution in [1.82, 2.24) is 0 Å². The fourth-order valence-electron chi connectivity index (χ4n) is 3.60. The van der Waals surface area contributed by atoms with Gasteiger partial charge in [-0.25, -0.2) is 0 Å². The molecule has 6 heteroatoms. The minimum atomic E-state index is -0.224. The van der Waals surface area contributed by atoms with Crippen LogP contribution in [0.2, 0.25) is 0 Å². The van der Waals surface area contributed by atoms with E-state index in [2.05, 4.69) is 5.32 Å². The van der Waals surface area contributed by atoms with Gasteiger partial charge in [0, 0.05) is 24.8 Å². The van der Waals surface area contributed by atoms with Crippen LogP contribution >= 0.6 is 0 Å². The SMILES string of the molecule is CC(=O)N1c2ccc(Nc3ccccc3)cc2N(C(=O)c2ccco2)CC1C. The average molecular weight is 375 g/mol. The first kappa shape index (κ1) is 17.9. The van der Waals surface area contributed by atoms with Crippen LogP contribution in [0.4, 0.5) is 22.7 Å². The highest BCUT2D eigenvalue weighted by Gasteiger charge is 2.34. The number of nitrogens with one attached hydrogen (secondary N) is 1. The smallest absolute Gasteiger partial charge is 0.294 e. The second-order valence-corrected chi connectivity index (χ2v) is 6.83. The molecule has 1 aliphatic heterocycles. The first-order valence-electron chi connectivity index (χ1n) is 9.16. The Labute approximate surface area is 163 Å². The lowest BCUT2D eigenvalue weighted by Crippen LogP contribution is -2.51. The largest absolute Gasteiger partial charge is 0.459 e. The number of hydrogen-bond acceptors (Lipinski definition) is 4. The summed E-state index contributed by atoms with van der Waals surface area (Å²) in [7, 11) is 0. The predicted octanol–water partition coefficient (Wildman–Crippen LogP) is 4.43. The van der Waals surface area contributed by atoms with Gasteiger partial charge < -0.3 is 19.5 Å². The van der Waals surface area contributed by atoms with E-state index in [4.69, 9.17) is 4.42 Å². The number of para-hydroxylation sites is 1. The molecular weight excluding hydrogens is 354 g/mol. The number of fused-ring (bicyclic) bond motifs is 1. The summed E-state index contributed by atoms with van der Waals surface area (Å²) in [5, 5.41) is 3.34. The van der Waals surface area contributed by atoms with Gasteiger partial charge in [-0.1, -0.05) is 18.2 Å². The van der Waals surface area contributed by atoms with Gasteiger partial charge >= 0.3 is 0 Å². The number of anilines is 4. The Bertz CT molecular complexity index is 999. The highest BCUT2D eigenvalue weighted by molar-refractivity contribution is 6.09. The zero-order valence-corrected chi connectivity index (χ0v) is 15.8. The van der Waals surface area contributed by atoms with Crippen LogP contribution in [0.1, 0.15) is 24.4 Å². The molecule has 0 spiro atoms. The number of hydrogen-bond donors (Lipinski definition) is 1. The summed E-state index contributed by atoms with van der Waals surface area (Å²) in [6.45, 7) is 3.87. The molecule has 142 valence electrons. The molecule has 2 amide bonds. The molecule has 2 aromatic carbocycles. The zero-order chi connectivity index (χ0) is 19.7. The molecule has 0 saturated carbocycles. The van der Waals surface area contributed by atoms with Gasteiger partial charge in [-0.2, -0.15) is 0 Å². The lowest BCUT2D eigenvalue weighted by atomic mass is 10.1. The average Bonchev–Trinajstić information content (AvgIpc) is 3.22. The van der Waals surface area contributed by atoms with Gasteiger partial charge in [0.15, 0.2) is 5.76 Å². The number of nitrogens with zero attached hydrogens (tertiary/aromatic N) is 2. The fraction of sp³-hybridized carbons (Fsp3) is 0.182. The maximum absolute atomic E-state index is 13.0. The maximum Gasteiger partial charge on any atom is 0.294 e. The van der Waals surface area contributed by atoms with E-state index in [0.29, 0.717) is 17.9 Å². The highest BCUT2D eigenvalue weighted by Crippen LogP contribution is 2.39. The molecule has 1 atom stereocenters. The minimum Gasteiger partial charge on any atom is -0.459 e. The van der Waals surface area contributed by atoms with E-state index in [1.54, 1.807) is 28.9 Å². The highest BCUT2D eigenvalue weighted by atomic mass is 16.3. The van der Waals surface area contributed by atoms with Crippen LogP contribution in [0, 0.1) is 0 Å². The molecule has 3 aromatic rings. The van der Waals surface area contributed by atoms with Crippen LogP contribution in [0.5, 0.6) is 0 Å². The van der Waals surface area contributed by atoms with Gasteiger partial charge in [0.05, 0.1) is 23.7 Å². The summed E-state index contributed by atoms with van der Waals surface area (Å²) >= 11 is 0. The fourth-order valence-corrected chi connectivity index (χ4v) is 3.60. The molecule has 1 unspecified atom stereocenters. The van der Waals surface area contributed by atoms with E-state index in [-0.39, 0.29) is 23.6 Å². The molecule has 0 fully saturated rings. The minimum absolute atomic E-state index is 0.0531. The van der Waals surface area contributed by atoms with Crippen molar-refractivity contribution in [2.24, 2.45) is 0 Å². The topological polar surface area (TPSA) is 65.8 Å². The molecule has 0 bridgehead atoms. The second-order valence-electron chi connectivity index (χ2n) is 6.83. The van der Waals surface area contributed by atoms with E-state index in [9.17, 15) is 9.59 Å². The van der Waals surface area contributed by atoms with Crippen LogP contribution in [0.15, 0.2) is 71.3 Å². The summed E-state index contributed by atoms with van der Waals surface area (Å²) in [6.07, 6.45) is 1.48. The summed E-state index contributed by atoms with van der Waals surface area (Å²) < 4.78 is 5.31. The number of carbonyl (C=O) groups is 2. The molecular formula is C22H21N3O3. The Morgan fingerprint density at radius 3 is 2.46 bits per heavy atom. The van der Waals surface area contributed by atoms with Gasteiger partial charge in [0.2, 0.25) is 5.91 Å². The zero-order valence-electron chi connectivity index (χ0n) is 15.8. The lowest BCUT2D eigenvalue weighted by Gasteiger charge is -2.40.